The molecule has 1 heterocycles. The monoisotopic (exact) mass is 349 g/mol. The van der Waals surface area contributed by atoms with Crippen LogP contribution in [0.15, 0.2) is 30.6 Å². The summed E-state index contributed by atoms with van der Waals surface area (Å²) in [6.45, 7) is 6.28. The van der Waals surface area contributed by atoms with E-state index in [2.05, 4.69) is 29.1 Å². The van der Waals surface area contributed by atoms with Crippen LogP contribution in [0.3, 0.4) is 0 Å². The first kappa shape index (κ1) is 17.4. The summed E-state index contributed by atoms with van der Waals surface area (Å²) in [4.78, 5) is 19.3. The van der Waals surface area contributed by atoms with Crippen LogP contribution in [0.2, 0.25) is 0 Å². The maximum absolute atomic E-state index is 13.0. The van der Waals surface area contributed by atoms with Crippen molar-refractivity contribution in [3.8, 4) is 0 Å². The first-order chi connectivity index (χ1) is 11.6. The molecular formula is C18H18F3N3O. The highest BCUT2D eigenvalue weighted by molar-refractivity contribution is 6.04. The van der Waals surface area contributed by atoms with Crippen molar-refractivity contribution in [2.75, 3.05) is 5.32 Å². The molecular weight excluding hydrogens is 331 g/mol. The van der Waals surface area contributed by atoms with Gasteiger partial charge in [-0.25, -0.2) is 9.97 Å². The summed E-state index contributed by atoms with van der Waals surface area (Å²) < 4.78 is 39.1. The molecule has 4 nitrogen and oxygen atoms in total. The fourth-order valence-electron chi connectivity index (χ4n) is 3.67. The van der Waals surface area contributed by atoms with Crippen molar-refractivity contribution >= 4 is 11.6 Å². The van der Waals surface area contributed by atoms with Crippen LogP contribution in [0.5, 0.6) is 0 Å². The number of fused-ring (bicyclic) bond motifs is 1. The van der Waals surface area contributed by atoms with Crippen LogP contribution >= 0.6 is 0 Å². The van der Waals surface area contributed by atoms with Gasteiger partial charge >= 0.3 is 6.18 Å². The quantitative estimate of drug-likeness (QED) is 0.866. The van der Waals surface area contributed by atoms with E-state index < -0.39 is 23.5 Å². The summed E-state index contributed by atoms with van der Waals surface area (Å²) in [6.07, 6.45) is -1.83. The molecule has 0 aliphatic heterocycles. The number of alkyl halides is 3. The average Bonchev–Trinajstić information content (AvgIpc) is 2.77. The lowest BCUT2D eigenvalue weighted by atomic mass is 9.86. The van der Waals surface area contributed by atoms with Crippen LogP contribution in [0.4, 0.5) is 18.9 Å². The summed E-state index contributed by atoms with van der Waals surface area (Å²) in [6, 6.07) is 5.51. The molecule has 1 aliphatic rings. The fraction of sp³-hybridized carbons (Fsp3) is 0.389. The fourth-order valence-corrected chi connectivity index (χ4v) is 3.67. The molecule has 1 aromatic heterocycles. The van der Waals surface area contributed by atoms with Gasteiger partial charge in [0.2, 0.25) is 0 Å². The molecule has 2 aromatic rings. The van der Waals surface area contributed by atoms with Gasteiger partial charge in [0.25, 0.3) is 5.91 Å². The van der Waals surface area contributed by atoms with Gasteiger partial charge in [-0.3, -0.25) is 4.79 Å². The van der Waals surface area contributed by atoms with Crippen LogP contribution in [-0.2, 0) is 11.6 Å². The molecule has 1 aliphatic carbocycles. The first-order valence-corrected chi connectivity index (χ1v) is 7.94. The Morgan fingerprint density at radius 1 is 1.24 bits per heavy atom. The molecule has 0 fully saturated rings. The number of benzene rings is 1. The molecule has 25 heavy (non-hydrogen) atoms. The van der Waals surface area contributed by atoms with Gasteiger partial charge in [0.1, 0.15) is 0 Å². The van der Waals surface area contributed by atoms with Gasteiger partial charge in [-0.15, -0.1) is 0 Å². The van der Waals surface area contributed by atoms with Gasteiger partial charge in [-0.05, 0) is 34.9 Å². The smallest absolute Gasteiger partial charge is 0.320 e. The lowest BCUT2D eigenvalue weighted by molar-refractivity contribution is -0.141. The zero-order valence-electron chi connectivity index (χ0n) is 14.1. The molecule has 1 aromatic carbocycles. The second-order valence-corrected chi connectivity index (χ2v) is 6.96. The lowest BCUT2D eigenvalue weighted by Gasteiger charge is -2.19. The molecule has 3 rings (SSSR count). The highest BCUT2D eigenvalue weighted by atomic mass is 19.4. The van der Waals surface area contributed by atoms with E-state index in [0.717, 1.165) is 29.9 Å². The number of amides is 1. The van der Waals surface area contributed by atoms with E-state index in [-0.39, 0.29) is 11.3 Å². The topological polar surface area (TPSA) is 54.9 Å². The third-order valence-electron chi connectivity index (χ3n) is 4.57. The van der Waals surface area contributed by atoms with Gasteiger partial charge in [-0.2, -0.15) is 13.2 Å². The largest absolute Gasteiger partial charge is 0.435 e. The molecule has 0 spiro atoms. The number of nitrogens with zero attached hydrogens (tertiary/aromatic N) is 2. The zero-order chi connectivity index (χ0) is 18.4. The third-order valence-corrected chi connectivity index (χ3v) is 4.57. The number of aromatic nitrogens is 2. The Morgan fingerprint density at radius 3 is 2.60 bits per heavy atom. The van der Waals surface area contributed by atoms with E-state index in [1.807, 2.05) is 13.0 Å². The molecule has 7 heteroatoms. The molecule has 0 bridgehead atoms. The molecule has 0 saturated carbocycles. The number of anilines is 1. The van der Waals surface area contributed by atoms with Crippen molar-refractivity contribution in [2.45, 2.75) is 44.7 Å². The average molecular weight is 349 g/mol. The molecule has 1 amide bonds. The van der Waals surface area contributed by atoms with Crippen LogP contribution in [-0.4, -0.2) is 15.9 Å². The maximum atomic E-state index is 13.0. The second kappa shape index (κ2) is 5.82. The third kappa shape index (κ3) is 3.10. The van der Waals surface area contributed by atoms with E-state index in [9.17, 15) is 18.0 Å². The van der Waals surface area contributed by atoms with Crippen LogP contribution < -0.4 is 5.32 Å². The highest BCUT2D eigenvalue weighted by Gasteiger charge is 2.39. The SMILES string of the molecule is CC1CC(C)(C)c2cccc(NC(=O)c3nccnc3C(F)(F)F)c21. The Bertz CT molecular complexity index is 831. The Kier molecular flexibility index (Phi) is 4.05. The van der Waals surface area contributed by atoms with Crippen molar-refractivity contribution in [3.63, 3.8) is 0 Å². The summed E-state index contributed by atoms with van der Waals surface area (Å²) in [5.74, 6) is -0.712. The molecule has 0 radical (unpaired) electrons. The van der Waals surface area contributed by atoms with Gasteiger partial charge in [-0.1, -0.05) is 32.9 Å². The minimum absolute atomic E-state index is 0.0425. The van der Waals surface area contributed by atoms with Crippen molar-refractivity contribution in [1.29, 1.82) is 0 Å². The predicted molar refractivity (Wildman–Crippen MR) is 87.5 cm³/mol. The van der Waals surface area contributed by atoms with Crippen molar-refractivity contribution < 1.29 is 18.0 Å². The number of carbonyl (C=O) groups excluding carboxylic acids is 1. The van der Waals surface area contributed by atoms with Crippen LogP contribution in [0, 0.1) is 0 Å². The number of hydrogen-bond donors (Lipinski definition) is 1. The molecule has 1 atom stereocenters. The number of nitrogens with one attached hydrogen (secondary N) is 1. The van der Waals surface area contributed by atoms with Crippen molar-refractivity contribution in [1.82, 2.24) is 9.97 Å². The highest BCUT2D eigenvalue weighted by Crippen LogP contribution is 2.48. The number of rotatable bonds is 2. The van der Waals surface area contributed by atoms with E-state index in [1.165, 1.54) is 0 Å². The normalized spacial score (nSPS) is 18.7. The predicted octanol–water partition coefficient (Wildman–Crippen LogP) is 4.53. The standard InChI is InChI=1S/C18H18F3N3O/c1-10-9-17(2,3)11-5-4-6-12(13(10)11)24-16(25)14-15(18(19,20)21)23-8-7-22-14/h4-8,10H,9H2,1-3H3,(H,24,25). The van der Waals surface area contributed by atoms with Gasteiger partial charge in [0.05, 0.1) is 0 Å². The maximum Gasteiger partial charge on any atom is 0.435 e. The number of halogens is 3. The summed E-state index contributed by atoms with van der Waals surface area (Å²) in [5.41, 5.74) is 0.552. The Morgan fingerprint density at radius 2 is 1.92 bits per heavy atom. The van der Waals surface area contributed by atoms with E-state index >= 15 is 0 Å². The van der Waals surface area contributed by atoms with Crippen molar-refractivity contribution in [2.24, 2.45) is 0 Å². The van der Waals surface area contributed by atoms with Gasteiger partial charge < -0.3 is 5.32 Å². The first-order valence-electron chi connectivity index (χ1n) is 7.94. The summed E-state index contributed by atoms with van der Waals surface area (Å²) in [5, 5.41) is 2.60. The lowest BCUT2D eigenvalue weighted by Crippen LogP contribution is -2.22. The van der Waals surface area contributed by atoms with E-state index in [1.54, 1.807) is 12.1 Å². The minimum Gasteiger partial charge on any atom is -0.320 e. The number of carbonyl (C=O) groups is 1. The Hall–Kier alpha value is -2.44. The summed E-state index contributed by atoms with van der Waals surface area (Å²) >= 11 is 0. The minimum atomic E-state index is -4.74. The molecule has 132 valence electrons. The van der Waals surface area contributed by atoms with Gasteiger partial charge in [0, 0.05) is 18.1 Å². The van der Waals surface area contributed by atoms with E-state index in [0.29, 0.717) is 5.69 Å². The number of hydrogen-bond acceptors (Lipinski definition) is 3. The molecule has 0 saturated heterocycles. The Balaban J connectivity index is 1.99. The second-order valence-electron chi connectivity index (χ2n) is 6.96. The Labute approximate surface area is 143 Å². The molecule has 1 N–H and O–H groups in total. The molecule has 1 unspecified atom stereocenters. The van der Waals surface area contributed by atoms with Gasteiger partial charge in [0.15, 0.2) is 11.4 Å². The van der Waals surface area contributed by atoms with Crippen molar-refractivity contribution in [3.05, 3.63) is 53.1 Å². The summed E-state index contributed by atoms with van der Waals surface area (Å²) in [7, 11) is 0. The van der Waals surface area contributed by atoms with Crippen LogP contribution in [0.1, 0.15) is 60.4 Å². The van der Waals surface area contributed by atoms with Crippen LogP contribution in [0.25, 0.3) is 0 Å². The zero-order valence-corrected chi connectivity index (χ0v) is 14.1. The van der Waals surface area contributed by atoms with E-state index in [4.69, 9.17) is 0 Å².